The second-order valence-corrected chi connectivity index (χ2v) is 5.80. The second-order valence-electron chi connectivity index (χ2n) is 5.80. The van der Waals surface area contributed by atoms with Gasteiger partial charge in [0.25, 0.3) is 0 Å². The summed E-state index contributed by atoms with van der Waals surface area (Å²) in [6, 6.07) is 5.52. The highest BCUT2D eigenvalue weighted by Crippen LogP contribution is 2.22. The predicted molar refractivity (Wildman–Crippen MR) is 83.5 cm³/mol. The molecule has 120 valence electrons. The van der Waals surface area contributed by atoms with Crippen LogP contribution in [0.5, 0.6) is 5.88 Å². The van der Waals surface area contributed by atoms with Crippen molar-refractivity contribution in [2.24, 2.45) is 5.92 Å². The number of aliphatic hydroxyl groups is 1. The van der Waals surface area contributed by atoms with E-state index in [-0.39, 0.29) is 6.04 Å². The summed E-state index contributed by atoms with van der Waals surface area (Å²) in [6.45, 7) is 4.77. The molecule has 0 saturated heterocycles. The van der Waals surface area contributed by atoms with Crippen molar-refractivity contribution < 1.29 is 9.84 Å². The maximum atomic E-state index is 10.4. The normalized spacial score (nSPS) is 14.0. The summed E-state index contributed by atoms with van der Waals surface area (Å²) in [5, 5.41) is 14.6. The van der Waals surface area contributed by atoms with E-state index in [2.05, 4.69) is 28.9 Å². The molecule has 0 aliphatic rings. The molecule has 2 rings (SSSR count). The van der Waals surface area contributed by atoms with Gasteiger partial charge in [0, 0.05) is 12.3 Å². The third-order valence-corrected chi connectivity index (χ3v) is 3.47. The zero-order chi connectivity index (χ0) is 15.8. The van der Waals surface area contributed by atoms with Crippen LogP contribution in [-0.2, 0) is 0 Å². The van der Waals surface area contributed by atoms with Crippen molar-refractivity contribution in [3.05, 3.63) is 37.1 Å². The van der Waals surface area contributed by atoms with Crippen LogP contribution >= 0.6 is 0 Å². The van der Waals surface area contributed by atoms with E-state index in [1.54, 1.807) is 17.2 Å². The third kappa shape index (κ3) is 5.11. The minimum atomic E-state index is -0.434. The van der Waals surface area contributed by atoms with E-state index in [1.165, 1.54) is 6.33 Å². The van der Waals surface area contributed by atoms with E-state index >= 15 is 0 Å². The molecule has 2 aromatic heterocycles. The summed E-state index contributed by atoms with van der Waals surface area (Å²) >= 11 is 0. The number of ether oxygens (including phenoxy) is 1. The predicted octanol–water partition coefficient (Wildman–Crippen LogP) is 2.48. The summed E-state index contributed by atoms with van der Waals surface area (Å²) in [4.78, 5) is 8.10. The van der Waals surface area contributed by atoms with Gasteiger partial charge in [0.15, 0.2) is 0 Å². The molecule has 2 aromatic rings. The van der Waals surface area contributed by atoms with Gasteiger partial charge in [-0.15, -0.1) is 0 Å². The van der Waals surface area contributed by atoms with Crippen molar-refractivity contribution in [1.82, 2.24) is 19.7 Å². The number of hydrogen-bond donors (Lipinski definition) is 1. The van der Waals surface area contributed by atoms with Gasteiger partial charge >= 0.3 is 0 Å². The largest absolute Gasteiger partial charge is 0.478 e. The molecule has 0 spiro atoms. The van der Waals surface area contributed by atoms with Crippen molar-refractivity contribution in [2.75, 3.05) is 6.61 Å². The SMILES string of the molecule is CC(C)CC(O)C(CCCOc1ccccn1)n1cncn1. The van der Waals surface area contributed by atoms with E-state index in [1.807, 2.05) is 18.2 Å². The first kappa shape index (κ1) is 16.4. The Kier molecular flexibility index (Phi) is 6.33. The summed E-state index contributed by atoms with van der Waals surface area (Å²) < 4.78 is 7.34. The van der Waals surface area contributed by atoms with Crippen LogP contribution in [0.2, 0.25) is 0 Å². The van der Waals surface area contributed by atoms with Crippen LogP contribution in [0.15, 0.2) is 37.1 Å². The van der Waals surface area contributed by atoms with Gasteiger partial charge in [0.05, 0.1) is 18.8 Å². The summed E-state index contributed by atoms with van der Waals surface area (Å²) in [6.07, 6.45) is 6.77. The van der Waals surface area contributed by atoms with Crippen LogP contribution in [0.3, 0.4) is 0 Å². The van der Waals surface area contributed by atoms with Crippen molar-refractivity contribution >= 4 is 0 Å². The molecule has 2 atom stereocenters. The van der Waals surface area contributed by atoms with Crippen LogP contribution in [0.25, 0.3) is 0 Å². The number of pyridine rings is 1. The van der Waals surface area contributed by atoms with Crippen LogP contribution in [0, 0.1) is 5.92 Å². The molecule has 0 bridgehead atoms. The number of nitrogens with zero attached hydrogens (tertiary/aromatic N) is 4. The maximum absolute atomic E-state index is 10.4. The minimum absolute atomic E-state index is 0.0720. The second kappa shape index (κ2) is 8.48. The zero-order valence-electron chi connectivity index (χ0n) is 13.2. The molecule has 0 saturated carbocycles. The topological polar surface area (TPSA) is 73.1 Å². The smallest absolute Gasteiger partial charge is 0.213 e. The molecular formula is C16H24N4O2. The fourth-order valence-corrected chi connectivity index (χ4v) is 2.43. The first-order valence-electron chi connectivity index (χ1n) is 7.73. The van der Waals surface area contributed by atoms with Crippen molar-refractivity contribution in [2.45, 2.75) is 45.3 Å². The fourth-order valence-electron chi connectivity index (χ4n) is 2.43. The van der Waals surface area contributed by atoms with Gasteiger partial charge in [-0.2, -0.15) is 5.10 Å². The molecule has 0 radical (unpaired) electrons. The average Bonchev–Trinajstić information content (AvgIpc) is 3.01. The van der Waals surface area contributed by atoms with Gasteiger partial charge in [-0.05, 0) is 31.2 Å². The van der Waals surface area contributed by atoms with Crippen molar-refractivity contribution in [3.63, 3.8) is 0 Å². The van der Waals surface area contributed by atoms with Crippen LogP contribution in [0.4, 0.5) is 0 Å². The van der Waals surface area contributed by atoms with Crippen LogP contribution in [-0.4, -0.2) is 37.6 Å². The molecule has 0 aliphatic carbocycles. The van der Waals surface area contributed by atoms with E-state index in [0.29, 0.717) is 18.4 Å². The van der Waals surface area contributed by atoms with Crippen LogP contribution in [0.1, 0.15) is 39.2 Å². The van der Waals surface area contributed by atoms with Gasteiger partial charge in [-0.3, -0.25) is 0 Å². The average molecular weight is 304 g/mol. The molecule has 0 fully saturated rings. The Morgan fingerprint density at radius 1 is 1.32 bits per heavy atom. The standard InChI is InChI=1S/C16H24N4O2/c1-13(2)10-15(21)14(20-12-17-11-19-20)6-5-9-22-16-7-3-4-8-18-16/h3-4,7-8,11-15,21H,5-6,9-10H2,1-2H3. The van der Waals surface area contributed by atoms with Gasteiger partial charge in [0.2, 0.25) is 5.88 Å². The molecule has 22 heavy (non-hydrogen) atoms. The van der Waals surface area contributed by atoms with Crippen molar-refractivity contribution in [3.8, 4) is 5.88 Å². The Labute approximate surface area is 131 Å². The quantitative estimate of drug-likeness (QED) is 0.720. The lowest BCUT2D eigenvalue weighted by Crippen LogP contribution is -2.26. The molecule has 0 amide bonds. The molecule has 0 aliphatic heterocycles. The highest BCUT2D eigenvalue weighted by atomic mass is 16.5. The minimum Gasteiger partial charge on any atom is -0.478 e. The third-order valence-electron chi connectivity index (χ3n) is 3.47. The fraction of sp³-hybridized carbons (Fsp3) is 0.562. The summed E-state index contributed by atoms with van der Waals surface area (Å²) in [5.41, 5.74) is 0. The molecule has 1 N–H and O–H groups in total. The summed E-state index contributed by atoms with van der Waals surface area (Å²) in [7, 11) is 0. The van der Waals surface area contributed by atoms with E-state index < -0.39 is 6.10 Å². The van der Waals surface area contributed by atoms with Crippen molar-refractivity contribution in [1.29, 1.82) is 0 Å². The molecule has 6 heteroatoms. The lowest BCUT2D eigenvalue weighted by Gasteiger charge is -2.24. The van der Waals surface area contributed by atoms with Gasteiger partial charge in [0.1, 0.15) is 12.7 Å². The number of aliphatic hydroxyl groups excluding tert-OH is 1. The number of rotatable bonds is 9. The maximum Gasteiger partial charge on any atom is 0.213 e. The van der Waals surface area contributed by atoms with Gasteiger partial charge in [-0.1, -0.05) is 19.9 Å². The zero-order valence-corrected chi connectivity index (χ0v) is 13.2. The van der Waals surface area contributed by atoms with E-state index in [4.69, 9.17) is 4.74 Å². The Morgan fingerprint density at radius 2 is 2.18 bits per heavy atom. The molecule has 6 nitrogen and oxygen atoms in total. The first-order chi connectivity index (χ1) is 10.7. The van der Waals surface area contributed by atoms with Crippen LogP contribution < -0.4 is 4.74 Å². The lowest BCUT2D eigenvalue weighted by atomic mass is 9.97. The highest BCUT2D eigenvalue weighted by Gasteiger charge is 2.22. The molecule has 2 unspecified atom stereocenters. The highest BCUT2D eigenvalue weighted by molar-refractivity contribution is 5.08. The Hall–Kier alpha value is -1.95. The first-order valence-corrected chi connectivity index (χ1v) is 7.73. The molecular weight excluding hydrogens is 280 g/mol. The van der Waals surface area contributed by atoms with Gasteiger partial charge in [-0.25, -0.2) is 14.6 Å². The Balaban J connectivity index is 1.84. The van der Waals surface area contributed by atoms with E-state index in [9.17, 15) is 5.11 Å². The number of hydrogen-bond acceptors (Lipinski definition) is 5. The Morgan fingerprint density at radius 3 is 2.82 bits per heavy atom. The van der Waals surface area contributed by atoms with Gasteiger partial charge < -0.3 is 9.84 Å². The monoisotopic (exact) mass is 304 g/mol. The molecule has 2 heterocycles. The lowest BCUT2D eigenvalue weighted by molar-refractivity contribution is 0.0772. The number of aromatic nitrogens is 4. The Bertz CT molecular complexity index is 516. The van der Waals surface area contributed by atoms with E-state index in [0.717, 1.165) is 19.3 Å². The summed E-state index contributed by atoms with van der Waals surface area (Å²) in [5.74, 6) is 1.06. The molecule has 0 aromatic carbocycles.